The highest BCUT2D eigenvalue weighted by atomic mass is 35.5. The molecule has 178 valence electrons. The number of aromatic nitrogens is 2. The van der Waals surface area contributed by atoms with Gasteiger partial charge in [0.15, 0.2) is 0 Å². The van der Waals surface area contributed by atoms with E-state index in [1.54, 1.807) is 41.2 Å². The first-order valence-electron chi connectivity index (χ1n) is 10.2. The molecule has 1 N–H and O–H groups in total. The molecule has 0 saturated heterocycles. The second-order valence-electron chi connectivity index (χ2n) is 7.47. The Morgan fingerprint density at radius 3 is 2.54 bits per heavy atom. The van der Waals surface area contributed by atoms with Gasteiger partial charge >= 0.3 is 0 Å². The summed E-state index contributed by atoms with van der Waals surface area (Å²) in [6.45, 7) is 0.487. The number of non-ortho nitro benzene ring substituents is 1. The summed E-state index contributed by atoms with van der Waals surface area (Å²) in [5.41, 5.74) is 2.27. The second kappa shape index (κ2) is 10.5. The minimum absolute atomic E-state index is 0.123. The van der Waals surface area contributed by atoms with E-state index in [1.165, 1.54) is 36.5 Å². The highest BCUT2D eigenvalue weighted by molar-refractivity contribution is 6.32. The lowest BCUT2D eigenvalue weighted by Crippen LogP contribution is -2.11. The Labute approximate surface area is 209 Å². The molecule has 0 spiro atoms. The number of halogens is 3. The van der Waals surface area contributed by atoms with E-state index in [2.05, 4.69) is 10.4 Å². The molecule has 8 nitrogen and oxygen atoms in total. The Kier molecular flexibility index (Phi) is 7.28. The van der Waals surface area contributed by atoms with Crippen LogP contribution in [0.5, 0.6) is 5.75 Å². The maximum atomic E-state index is 13.2. The lowest BCUT2D eigenvalue weighted by molar-refractivity contribution is -0.384. The van der Waals surface area contributed by atoms with Crippen LogP contribution in [-0.2, 0) is 13.2 Å². The van der Waals surface area contributed by atoms with Gasteiger partial charge in [0.05, 0.1) is 28.4 Å². The number of carbonyl (C=O) groups excluding carboxylic acids is 1. The third-order valence-corrected chi connectivity index (χ3v) is 5.62. The van der Waals surface area contributed by atoms with Gasteiger partial charge in [-0.15, -0.1) is 0 Å². The van der Waals surface area contributed by atoms with Crippen molar-refractivity contribution in [1.29, 1.82) is 0 Å². The van der Waals surface area contributed by atoms with Gasteiger partial charge in [-0.05, 0) is 41.5 Å². The minimum atomic E-state index is -0.536. The number of amides is 1. The van der Waals surface area contributed by atoms with Gasteiger partial charge in [0, 0.05) is 28.9 Å². The van der Waals surface area contributed by atoms with Crippen LogP contribution in [0.2, 0.25) is 10.0 Å². The fraction of sp³-hybridized carbons (Fsp3) is 0.0833. The average molecular weight is 515 g/mol. The van der Waals surface area contributed by atoms with Gasteiger partial charge in [-0.25, -0.2) is 4.39 Å². The average Bonchev–Trinajstić information content (AvgIpc) is 3.27. The first kappa shape index (κ1) is 24.2. The summed E-state index contributed by atoms with van der Waals surface area (Å²) < 4.78 is 20.4. The summed E-state index contributed by atoms with van der Waals surface area (Å²) in [4.78, 5) is 22.8. The van der Waals surface area contributed by atoms with Crippen LogP contribution < -0.4 is 10.1 Å². The van der Waals surface area contributed by atoms with E-state index in [-0.39, 0.29) is 23.2 Å². The third-order valence-electron chi connectivity index (χ3n) is 4.98. The van der Waals surface area contributed by atoms with Crippen molar-refractivity contribution in [3.05, 3.63) is 116 Å². The number of nitro benzene ring substituents is 1. The first-order chi connectivity index (χ1) is 16.8. The number of hydrogen-bond donors (Lipinski definition) is 1. The summed E-state index contributed by atoms with van der Waals surface area (Å²) >= 11 is 12.1. The monoisotopic (exact) mass is 514 g/mol. The van der Waals surface area contributed by atoms with Crippen molar-refractivity contribution in [3.63, 3.8) is 0 Å². The number of nitrogens with one attached hydrogen (secondary N) is 1. The zero-order valence-electron chi connectivity index (χ0n) is 18.0. The van der Waals surface area contributed by atoms with E-state index < -0.39 is 10.7 Å². The lowest BCUT2D eigenvalue weighted by atomic mass is 10.1. The largest absolute Gasteiger partial charge is 0.487 e. The lowest BCUT2D eigenvalue weighted by Gasteiger charge is -2.09. The van der Waals surface area contributed by atoms with Crippen LogP contribution in [0.15, 0.2) is 73.1 Å². The van der Waals surface area contributed by atoms with Crippen molar-refractivity contribution >= 4 is 40.5 Å². The van der Waals surface area contributed by atoms with Gasteiger partial charge in [0.2, 0.25) is 0 Å². The van der Waals surface area contributed by atoms with E-state index in [1.807, 2.05) is 0 Å². The van der Waals surface area contributed by atoms with Crippen LogP contribution in [0.4, 0.5) is 15.8 Å². The van der Waals surface area contributed by atoms with Crippen LogP contribution in [0, 0.1) is 15.9 Å². The van der Waals surface area contributed by atoms with E-state index in [9.17, 15) is 19.3 Å². The fourth-order valence-corrected chi connectivity index (χ4v) is 3.63. The van der Waals surface area contributed by atoms with E-state index in [4.69, 9.17) is 27.9 Å². The van der Waals surface area contributed by atoms with Crippen LogP contribution in [0.3, 0.4) is 0 Å². The summed E-state index contributed by atoms with van der Waals surface area (Å²) in [5.74, 6) is -0.423. The summed E-state index contributed by atoms with van der Waals surface area (Å²) in [7, 11) is 0. The minimum Gasteiger partial charge on any atom is -0.487 e. The molecule has 1 aromatic heterocycles. The predicted octanol–water partition coefficient (Wildman–Crippen LogP) is 6.12. The summed E-state index contributed by atoms with van der Waals surface area (Å²) in [6.07, 6.45) is 3.15. The van der Waals surface area contributed by atoms with E-state index in [0.29, 0.717) is 34.1 Å². The Balaban J connectivity index is 1.33. The van der Waals surface area contributed by atoms with Gasteiger partial charge < -0.3 is 10.1 Å². The molecule has 0 atom stereocenters. The summed E-state index contributed by atoms with van der Waals surface area (Å²) in [6, 6.07) is 14.9. The predicted molar refractivity (Wildman–Crippen MR) is 130 cm³/mol. The molecule has 0 aliphatic carbocycles. The second-order valence-corrected chi connectivity index (χ2v) is 8.29. The van der Waals surface area contributed by atoms with Crippen LogP contribution in [-0.4, -0.2) is 20.6 Å². The van der Waals surface area contributed by atoms with Gasteiger partial charge in [-0.3, -0.25) is 19.6 Å². The number of rotatable bonds is 8. The molecular formula is C24H17Cl2FN4O4. The molecule has 35 heavy (non-hydrogen) atoms. The zero-order valence-corrected chi connectivity index (χ0v) is 19.5. The molecule has 11 heteroatoms. The third kappa shape index (κ3) is 6.14. The maximum absolute atomic E-state index is 13.2. The quantitative estimate of drug-likeness (QED) is 0.225. The normalized spacial score (nSPS) is 10.7. The SMILES string of the molecule is O=C(Nc1cnn(Cc2ccc(F)cc2Cl)c1)c1ccc(COc2ccc([N+](=O)[O-])cc2Cl)cc1. The molecule has 0 unspecified atom stereocenters. The molecule has 1 heterocycles. The van der Waals surface area contributed by atoms with Gasteiger partial charge in [-0.1, -0.05) is 41.4 Å². The molecule has 4 rings (SSSR count). The molecule has 3 aromatic carbocycles. The highest BCUT2D eigenvalue weighted by Crippen LogP contribution is 2.29. The molecule has 0 aliphatic rings. The topological polar surface area (TPSA) is 99.3 Å². The maximum Gasteiger partial charge on any atom is 0.271 e. The zero-order chi connectivity index (χ0) is 24.9. The van der Waals surface area contributed by atoms with E-state index in [0.717, 1.165) is 5.56 Å². The highest BCUT2D eigenvalue weighted by Gasteiger charge is 2.12. The molecule has 0 aliphatic heterocycles. The Bertz CT molecular complexity index is 1390. The molecular weight excluding hydrogens is 498 g/mol. The Hall–Kier alpha value is -3.95. The van der Waals surface area contributed by atoms with Gasteiger partial charge in [0.25, 0.3) is 11.6 Å². The van der Waals surface area contributed by atoms with Crippen molar-refractivity contribution in [2.45, 2.75) is 13.2 Å². The number of hydrogen-bond acceptors (Lipinski definition) is 5. The summed E-state index contributed by atoms with van der Waals surface area (Å²) in [5, 5.41) is 18.2. The Morgan fingerprint density at radius 2 is 1.86 bits per heavy atom. The fourth-order valence-electron chi connectivity index (χ4n) is 3.18. The molecule has 0 fully saturated rings. The number of anilines is 1. The first-order valence-corrected chi connectivity index (χ1v) is 11.0. The number of nitrogens with zero attached hydrogens (tertiary/aromatic N) is 3. The number of benzene rings is 3. The molecule has 4 aromatic rings. The smallest absolute Gasteiger partial charge is 0.271 e. The van der Waals surface area contributed by atoms with Crippen molar-refractivity contribution in [2.24, 2.45) is 0 Å². The van der Waals surface area contributed by atoms with Crippen LogP contribution >= 0.6 is 23.2 Å². The molecule has 0 saturated carbocycles. The number of nitro groups is 1. The molecule has 0 bridgehead atoms. The molecule has 1 amide bonds. The van der Waals surface area contributed by atoms with Gasteiger partial charge in [0.1, 0.15) is 18.2 Å². The van der Waals surface area contributed by atoms with Crippen molar-refractivity contribution in [1.82, 2.24) is 9.78 Å². The van der Waals surface area contributed by atoms with Crippen LogP contribution in [0.25, 0.3) is 0 Å². The van der Waals surface area contributed by atoms with E-state index >= 15 is 0 Å². The van der Waals surface area contributed by atoms with Crippen molar-refractivity contribution in [3.8, 4) is 5.75 Å². The Morgan fingerprint density at radius 1 is 1.09 bits per heavy atom. The van der Waals surface area contributed by atoms with Crippen LogP contribution in [0.1, 0.15) is 21.5 Å². The van der Waals surface area contributed by atoms with Crippen molar-refractivity contribution < 1.29 is 18.8 Å². The van der Waals surface area contributed by atoms with Crippen molar-refractivity contribution in [2.75, 3.05) is 5.32 Å². The standard InChI is InChI=1S/C24H17Cl2FN4O4/c25-21-9-18(27)6-5-17(21)12-30-13-19(11-28-30)29-24(32)16-3-1-15(2-4-16)14-35-23-8-7-20(31(33)34)10-22(23)26/h1-11,13H,12,14H2,(H,29,32). The van der Waals surface area contributed by atoms with Gasteiger partial charge in [-0.2, -0.15) is 5.10 Å². The molecule has 0 radical (unpaired) electrons. The number of carbonyl (C=O) groups is 1. The number of ether oxygens (including phenoxy) is 1.